The Balaban J connectivity index is 1.88. The van der Waals surface area contributed by atoms with E-state index in [1.807, 2.05) is 30.3 Å². The molecule has 0 aliphatic rings. The minimum Gasteiger partial charge on any atom is -0.493 e. The number of rotatable bonds is 11. The lowest BCUT2D eigenvalue weighted by molar-refractivity contribution is -0.117. The second kappa shape index (κ2) is 11.9. The van der Waals surface area contributed by atoms with E-state index in [1.165, 1.54) is 32.4 Å². The van der Waals surface area contributed by atoms with Crippen molar-refractivity contribution in [3.63, 3.8) is 0 Å². The summed E-state index contributed by atoms with van der Waals surface area (Å²) in [7, 11) is -1.10. The molecule has 3 aromatic carbocycles. The number of sulfonamides is 1. The Kier molecular flexibility index (Phi) is 8.97. The summed E-state index contributed by atoms with van der Waals surface area (Å²) in [6.07, 6.45) is 0.129. The van der Waals surface area contributed by atoms with Crippen LogP contribution in [0.5, 0.6) is 17.2 Å². The molecular formula is C25H27ClN2O6S. The zero-order chi connectivity index (χ0) is 25.4. The molecule has 1 amide bonds. The number of nitrogens with one attached hydrogen (secondary N) is 2. The second-order valence-corrected chi connectivity index (χ2v) is 9.57. The van der Waals surface area contributed by atoms with Crippen molar-refractivity contribution in [2.24, 2.45) is 0 Å². The quantitative estimate of drug-likeness (QED) is 0.392. The topological polar surface area (TPSA) is 103 Å². The van der Waals surface area contributed by atoms with E-state index in [0.717, 1.165) is 5.56 Å². The van der Waals surface area contributed by atoms with Crippen LogP contribution in [0.4, 0.5) is 5.69 Å². The van der Waals surface area contributed by atoms with Crippen LogP contribution < -0.4 is 24.2 Å². The van der Waals surface area contributed by atoms with Crippen molar-refractivity contribution in [1.29, 1.82) is 0 Å². The Hall–Kier alpha value is -3.27. The van der Waals surface area contributed by atoms with Gasteiger partial charge in [0, 0.05) is 11.8 Å². The van der Waals surface area contributed by atoms with Gasteiger partial charge in [0.1, 0.15) is 11.8 Å². The van der Waals surface area contributed by atoms with Crippen molar-refractivity contribution in [1.82, 2.24) is 4.72 Å². The minimum absolute atomic E-state index is 0.0806. The molecule has 8 nitrogen and oxygen atoms in total. The molecule has 0 aliphatic heterocycles. The van der Waals surface area contributed by atoms with E-state index >= 15 is 0 Å². The molecule has 3 rings (SSSR count). The monoisotopic (exact) mass is 518 g/mol. The SMILES string of the molecule is CCOc1ccc(S(=O)(=O)N[C@H](Cc2ccccc2)C(=O)Nc2ccc(OC)c(OC)c2)cc1Cl. The largest absolute Gasteiger partial charge is 0.493 e. The van der Waals surface area contributed by atoms with E-state index in [9.17, 15) is 13.2 Å². The molecule has 0 fully saturated rings. The molecule has 0 heterocycles. The van der Waals surface area contributed by atoms with Gasteiger partial charge in [0.2, 0.25) is 15.9 Å². The average molecular weight is 519 g/mol. The Morgan fingerprint density at radius 3 is 2.26 bits per heavy atom. The number of halogens is 1. The fraction of sp³-hybridized carbons (Fsp3) is 0.240. The van der Waals surface area contributed by atoms with Crippen molar-refractivity contribution in [2.75, 3.05) is 26.1 Å². The molecule has 0 saturated heterocycles. The highest BCUT2D eigenvalue weighted by atomic mass is 35.5. The maximum Gasteiger partial charge on any atom is 0.242 e. The van der Waals surface area contributed by atoms with Gasteiger partial charge < -0.3 is 19.5 Å². The van der Waals surface area contributed by atoms with E-state index in [0.29, 0.717) is 29.5 Å². The molecule has 0 unspecified atom stereocenters. The molecule has 2 N–H and O–H groups in total. The van der Waals surface area contributed by atoms with Gasteiger partial charge in [0.05, 0.1) is 30.7 Å². The second-order valence-electron chi connectivity index (χ2n) is 7.45. The summed E-state index contributed by atoms with van der Waals surface area (Å²) in [5.41, 5.74) is 1.21. The molecular weight excluding hydrogens is 492 g/mol. The first kappa shape index (κ1) is 26.3. The van der Waals surface area contributed by atoms with Gasteiger partial charge in [-0.2, -0.15) is 4.72 Å². The summed E-state index contributed by atoms with van der Waals surface area (Å²) < 4.78 is 44.7. The van der Waals surface area contributed by atoms with Crippen molar-refractivity contribution in [3.8, 4) is 17.2 Å². The number of ether oxygens (including phenoxy) is 3. The predicted molar refractivity (Wildman–Crippen MR) is 135 cm³/mol. The molecule has 0 saturated carbocycles. The minimum atomic E-state index is -4.09. The van der Waals surface area contributed by atoms with Gasteiger partial charge in [-0.05, 0) is 49.2 Å². The first-order valence-electron chi connectivity index (χ1n) is 10.8. The van der Waals surface area contributed by atoms with Crippen LogP contribution in [0.3, 0.4) is 0 Å². The highest BCUT2D eigenvalue weighted by Gasteiger charge is 2.27. The third-order valence-corrected chi connectivity index (χ3v) is 6.83. The number of hydrogen-bond donors (Lipinski definition) is 2. The van der Waals surface area contributed by atoms with E-state index in [-0.39, 0.29) is 16.3 Å². The number of amides is 1. The molecule has 0 spiro atoms. The summed E-state index contributed by atoms with van der Waals surface area (Å²) >= 11 is 6.19. The third kappa shape index (κ3) is 6.88. The van der Waals surface area contributed by atoms with E-state index in [2.05, 4.69) is 10.0 Å². The summed E-state index contributed by atoms with van der Waals surface area (Å²) in [5, 5.41) is 2.91. The fourth-order valence-corrected chi connectivity index (χ4v) is 4.88. The molecule has 10 heteroatoms. The summed E-state index contributed by atoms with van der Waals surface area (Å²) in [6, 6.07) is 17.0. The van der Waals surface area contributed by atoms with Crippen molar-refractivity contribution < 1.29 is 27.4 Å². The standard InChI is InChI=1S/C25H27ClN2O6S/c1-4-34-22-13-11-19(16-20(22)26)35(30,31)28-21(14-17-8-6-5-7-9-17)25(29)27-18-10-12-23(32-2)24(15-18)33-3/h5-13,15-16,21,28H,4,14H2,1-3H3,(H,27,29)/t21-/m1/s1. The lowest BCUT2D eigenvalue weighted by Crippen LogP contribution is -2.45. The Bertz CT molecular complexity index is 1270. The normalized spacial score (nSPS) is 12.0. The Morgan fingerprint density at radius 2 is 1.63 bits per heavy atom. The van der Waals surface area contributed by atoms with Crippen LogP contribution in [0, 0.1) is 0 Å². The van der Waals surface area contributed by atoms with Crippen LogP contribution >= 0.6 is 11.6 Å². The molecule has 0 radical (unpaired) electrons. The summed E-state index contributed by atoms with van der Waals surface area (Å²) in [4.78, 5) is 13.1. The van der Waals surface area contributed by atoms with E-state index in [1.54, 1.807) is 25.1 Å². The zero-order valence-corrected chi connectivity index (χ0v) is 21.2. The number of anilines is 1. The predicted octanol–water partition coefficient (Wildman–Crippen LogP) is 4.28. The number of hydrogen-bond acceptors (Lipinski definition) is 6. The Morgan fingerprint density at radius 1 is 0.943 bits per heavy atom. The van der Waals surface area contributed by atoms with Crippen LogP contribution in [-0.2, 0) is 21.2 Å². The summed E-state index contributed by atoms with van der Waals surface area (Å²) in [5.74, 6) is 0.760. The maximum atomic E-state index is 13.2. The van der Waals surface area contributed by atoms with Gasteiger partial charge in [0.15, 0.2) is 11.5 Å². The molecule has 35 heavy (non-hydrogen) atoms. The average Bonchev–Trinajstić information content (AvgIpc) is 2.85. The fourth-order valence-electron chi connectivity index (χ4n) is 3.36. The zero-order valence-electron chi connectivity index (χ0n) is 19.6. The van der Waals surface area contributed by atoms with Crippen molar-refractivity contribution >= 4 is 33.2 Å². The summed E-state index contributed by atoms with van der Waals surface area (Å²) in [6.45, 7) is 2.19. The molecule has 186 valence electrons. The number of benzene rings is 3. The van der Waals surface area contributed by atoms with Gasteiger partial charge in [-0.25, -0.2) is 8.42 Å². The third-order valence-electron chi connectivity index (χ3n) is 5.06. The van der Waals surface area contributed by atoms with Crippen LogP contribution in [0.15, 0.2) is 71.6 Å². The van der Waals surface area contributed by atoms with Crippen LogP contribution in [-0.4, -0.2) is 41.2 Å². The number of carbonyl (C=O) groups excluding carboxylic acids is 1. The molecule has 0 bridgehead atoms. The number of methoxy groups -OCH3 is 2. The van der Waals surface area contributed by atoms with Crippen LogP contribution in [0.2, 0.25) is 5.02 Å². The highest BCUT2D eigenvalue weighted by molar-refractivity contribution is 7.89. The van der Waals surface area contributed by atoms with E-state index in [4.69, 9.17) is 25.8 Å². The first-order chi connectivity index (χ1) is 16.8. The lowest BCUT2D eigenvalue weighted by atomic mass is 10.1. The smallest absolute Gasteiger partial charge is 0.242 e. The van der Waals surface area contributed by atoms with Gasteiger partial charge in [-0.15, -0.1) is 0 Å². The molecule has 1 atom stereocenters. The molecule has 3 aromatic rings. The maximum absolute atomic E-state index is 13.2. The lowest BCUT2D eigenvalue weighted by Gasteiger charge is -2.20. The van der Waals surface area contributed by atoms with E-state index < -0.39 is 22.0 Å². The van der Waals surface area contributed by atoms with Crippen molar-refractivity contribution in [2.45, 2.75) is 24.3 Å². The molecule has 0 aromatic heterocycles. The number of carbonyl (C=O) groups is 1. The Labute approximate surface area is 210 Å². The van der Waals surface area contributed by atoms with Gasteiger partial charge in [0.25, 0.3) is 0 Å². The molecule has 0 aliphatic carbocycles. The highest BCUT2D eigenvalue weighted by Crippen LogP contribution is 2.30. The van der Waals surface area contributed by atoms with Gasteiger partial charge in [-0.1, -0.05) is 41.9 Å². The first-order valence-corrected chi connectivity index (χ1v) is 12.6. The van der Waals surface area contributed by atoms with Crippen LogP contribution in [0.1, 0.15) is 12.5 Å². The van der Waals surface area contributed by atoms with Gasteiger partial charge >= 0.3 is 0 Å². The van der Waals surface area contributed by atoms with Crippen molar-refractivity contribution in [3.05, 3.63) is 77.3 Å². The van der Waals surface area contributed by atoms with Crippen LogP contribution in [0.25, 0.3) is 0 Å². The van der Waals surface area contributed by atoms with Gasteiger partial charge in [-0.3, -0.25) is 4.79 Å².